The van der Waals surface area contributed by atoms with Crippen molar-refractivity contribution in [3.8, 4) is 0 Å². The van der Waals surface area contributed by atoms with Gasteiger partial charge in [-0.3, -0.25) is 4.79 Å². The molecule has 0 amide bonds. The molecule has 0 atom stereocenters. The van der Waals surface area contributed by atoms with E-state index in [4.69, 9.17) is 0 Å². The summed E-state index contributed by atoms with van der Waals surface area (Å²) in [4.78, 5) is 18.2. The molecule has 0 saturated heterocycles. The lowest BCUT2D eigenvalue weighted by Crippen LogP contribution is -1.96. The number of rotatable bonds is 4. The van der Waals surface area contributed by atoms with Gasteiger partial charge in [0.25, 0.3) is 0 Å². The van der Waals surface area contributed by atoms with Crippen LogP contribution in [0.15, 0.2) is 36.7 Å². The molecule has 0 bridgehead atoms. The zero-order valence-electron chi connectivity index (χ0n) is 10.7. The van der Waals surface area contributed by atoms with E-state index in [1.54, 1.807) is 6.20 Å². The number of hydrogen-bond acceptors (Lipinski definition) is 3. The van der Waals surface area contributed by atoms with Gasteiger partial charge in [-0.25, -0.2) is 4.98 Å². The van der Waals surface area contributed by atoms with Gasteiger partial charge in [0.2, 0.25) is 0 Å². The maximum Gasteiger partial charge on any atom is 0.152 e. The highest BCUT2D eigenvalue weighted by Crippen LogP contribution is 2.22. The van der Waals surface area contributed by atoms with Gasteiger partial charge in [0, 0.05) is 33.1 Å². The van der Waals surface area contributed by atoms with Crippen LogP contribution < -0.4 is 0 Å². The fourth-order valence-corrected chi connectivity index (χ4v) is 3.19. The van der Waals surface area contributed by atoms with Gasteiger partial charge in [-0.2, -0.15) is 0 Å². The summed E-state index contributed by atoms with van der Waals surface area (Å²) < 4.78 is 2.05. The molecule has 0 N–H and O–H groups in total. The quantitative estimate of drug-likeness (QED) is 0.680. The summed E-state index contributed by atoms with van der Waals surface area (Å²) in [6.45, 7) is 2.93. The summed E-state index contributed by atoms with van der Waals surface area (Å²) in [5.41, 5.74) is 1.58. The van der Waals surface area contributed by atoms with Crippen molar-refractivity contribution < 1.29 is 4.79 Å². The second-order valence-corrected chi connectivity index (χ2v) is 5.68. The third-order valence-corrected chi connectivity index (χ3v) is 4.40. The fraction of sp³-hybridized carbons (Fsp3) is 0.200. The largest absolute Gasteiger partial charge is 0.327 e. The zero-order chi connectivity index (χ0) is 13.2. The van der Waals surface area contributed by atoms with Crippen LogP contribution in [0.1, 0.15) is 27.0 Å². The van der Waals surface area contributed by atoms with E-state index in [1.165, 1.54) is 9.75 Å². The van der Waals surface area contributed by atoms with Crippen LogP contribution in [-0.2, 0) is 13.0 Å². The molecule has 0 radical (unpaired) electrons. The molecule has 0 aliphatic heterocycles. The van der Waals surface area contributed by atoms with E-state index in [0.29, 0.717) is 5.56 Å². The molecule has 0 unspecified atom stereocenters. The van der Waals surface area contributed by atoms with Crippen LogP contribution in [0.2, 0.25) is 0 Å². The molecule has 3 heterocycles. The Labute approximate surface area is 115 Å². The topological polar surface area (TPSA) is 34.9 Å². The molecule has 0 aliphatic carbocycles. The lowest BCUT2D eigenvalue weighted by Gasteiger charge is -2.01. The average molecular weight is 270 g/mol. The summed E-state index contributed by atoms with van der Waals surface area (Å²) in [5.74, 6) is 0. The van der Waals surface area contributed by atoms with Crippen molar-refractivity contribution in [3.05, 3.63) is 52.0 Å². The van der Waals surface area contributed by atoms with Crippen molar-refractivity contribution in [1.82, 2.24) is 9.55 Å². The van der Waals surface area contributed by atoms with Gasteiger partial charge in [0.15, 0.2) is 6.29 Å². The minimum Gasteiger partial charge on any atom is -0.327 e. The highest BCUT2D eigenvalue weighted by Gasteiger charge is 2.09. The molecule has 4 heteroatoms. The number of pyridine rings is 1. The highest BCUT2D eigenvalue weighted by molar-refractivity contribution is 7.11. The van der Waals surface area contributed by atoms with Crippen molar-refractivity contribution in [3.63, 3.8) is 0 Å². The number of aromatic nitrogens is 2. The van der Waals surface area contributed by atoms with Crippen LogP contribution in [0, 0.1) is 0 Å². The first kappa shape index (κ1) is 12.1. The van der Waals surface area contributed by atoms with E-state index in [1.807, 2.05) is 34.2 Å². The number of aryl methyl sites for hydroxylation is 1. The van der Waals surface area contributed by atoms with Crippen molar-refractivity contribution in [2.45, 2.75) is 19.9 Å². The maximum absolute atomic E-state index is 11.1. The second kappa shape index (κ2) is 4.97. The summed E-state index contributed by atoms with van der Waals surface area (Å²) >= 11 is 1.82. The smallest absolute Gasteiger partial charge is 0.152 e. The van der Waals surface area contributed by atoms with Gasteiger partial charge < -0.3 is 4.57 Å². The first-order valence-corrected chi connectivity index (χ1v) is 7.10. The van der Waals surface area contributed by atoms with Gasteiger partial charge in [-0.05, 0) is 30.7 Å². The van der Waals surface area contributed by atoms with Crippen LogP contribution in [0.25, 0.3) is 11.0 Å². The van der Waals surface area contributed by atoms with E-state index in [0.717, 1.165) is 30.3 Å². The predicted molar refractivity (Wildman–Crippen MR) is 77.9 cm³/mol. The summed E-state index contributed by atoms with van der Waals surface area (Å²) in [6, 6.07) is 8.12. The molecule has 3 nitrogen and oxygen atoms in total. The summed E-state index contributed by atoms with van der Waals surface area (Å²) in [7, 11) is 0. The van der Waals surface area contributed by atoms with Gasteiger partial charge in [-0.1, -0.05) is 6.92 Å². The van der Waals surface area contributed by atoms with E-state index >= 15 is 0 Å². The molecule has 0 aromatic carbocycles. The molecular weight excluding hydrogens is 256 g/mol. The van der Waals surface area contributed by atoms with Crippen molar-refractivity contribution >= 4 is 28.7 Å². The van der Waals surface area contributed by atoms with Crippen molar-refractivity contribution in [2.75, 3.05) is 0 Å². The highest BCUT2D eigenvalue weighted by atomic mass is 32.1. The molecular formula is C15H14N2OS. The van der Waals surface area contributed by atoms with Crippen LogP contribution in [-0.4, -0.2) is 15.8 Å². The predicted octanol–water partition coefficient (Wildman–Crippen LogP) is 3.52. The first-order chi connectivity index (χ1) is 9.31. The monoisotopic (exact) mass is 270 g/mol. The van der Waals surface area contributed by atoms with Crippen molar-refractivity contribution in [1.29, 1.82) is 0 Å². The molecule has 3 aromatic rings. The number of nitrogens with zero attached hydrogens (tertiary/aromatic N) is 2. The molecule has 0 saturated carbocycles. The second-order valence-electron chi connectivity index (χ2n) is 4.43. The van der Waals surface area contributed by atoms with Crippen molar-refractivity contribution in [2.24, 2.45) is 0 Å². The number of carbonyl (C=O) groups excluding carboxylic acids is 1. The number of hydrogen-bond donors (Lipinski definition) is 0. The molecule has 0 aliphatic rings. The first-order valence-electron chi connectivity index (χ1n) is 6.28. The Morgan fingerprint density at radius 1 is 1.32 bits per heavy atom. The van der Waals surface area contributed by atoms with Crippen LogP contribution >= 0.6 is 11.3 Å². The number of thiophene rings is 1. The normalized spacial score (nSPS) is 11.0. The van der Waals surface area contributed by atoms with E-state index < -0.39 is 0 Å². The van der Waals surface area contributed by atoms with Gasteiger partial charge in [0.05, 0.1) is 6.54 Å². The Balaban J connectivity index is 2.02. The van der Waals surface area contributed by atoms with E-state index in [2.05, 4.69) is 24.0 Å². The lowest BCUT2D eigenvalue weighted by molar-refractivity contribution is 0.112. The number of fused-ring (bicyclic) bond motifs is 1. The zero-order valence-corrected chi connectivity index (χ0v) is 11.5. The summed E-state index contributed by atoms with van der Waals surface area (Å²) in [5, 5.41) is 0.921. The molecule has 0 fully saturated rings. The van der Waals surface area contributed by atoms with Crippen LogP contribution in [0.5, 0.6) is 0 Å². The maximum atomic E-state index is 11.1. The SMILES string of the molecule is CCc1ccc(Cn2cc(C=O)c3cccnc32)s1. The fourth-order valence-electron chi connectivity index (χ4n) is 2.23. The third kappa shape index (κ3) is 2.19. The average Bonchev–Trinajstić information content (AvgIpc) is 3.04. The molecule has 3 aromatic heterocycles. The Kier molecular flexibility index (Phi) is 3.17. The lowest BCUT2D eigenvalue weighted by atomic mass is 10.2. The number of carbonyl (C=O) groups is 1. The van der Waals surface area contributed by atoms with Crippen LogP contribution in [0.4, 0.5) is 0 Å². The Morgan fingerprint density at radius 2 is 2.16 bits per heavy atom. The minimum absolute atomic E-state index is 0.704. The Morgan fingerprint density at radius 3 is 2.89 bits per heavy atom. The molecule has 3 rings (SSSR count). The van der Waals surface area contributed by atoms with Gasteiger partial charge in [-0.15, -0.1) is 11.3 Å². The summed E-state index contributed by atoms with van der Waals surface area (Å²) in [6.07, 6.45) is 5.61. The number of aldehydes is 1. The third-order valence-electron chi connectivity index (χ3n) is 3.18. The van der Waals surface area contributed by atoms with Crippen LogP contribution in [0.3, 0.4) is 0 Å². The van der Waals surface area contributed by atoms with Gasteiger partial charge >= 0.3 is 0 Å². The van der Waals surface area contributed by atoms with E-state index in [-0.39, 0.29) is 0 Å². The van der Waals surface area contributed by atoms with E-state index in [9.17, 15) is 4.79 Å². The molecule has 19 heavy (non-hydrogen) atoms. The standard InChI is InChI=1S/C15H14N2OS/c1-2-12-5-6-13(19-12)9-17-8-11(10-18)14-4-3-7-16-15(14)17/h3-8,10H,2,9H2,1H3. The van der Waals surface area contributed by atoms with Gasteiger partial charge in [0.1, 0.15) is 5.65 Å². The molecule has 96 valence electrons. The minimum atomic E-state index is 0.704. The Hall–Kier alpha value is -1.94. The Bertz CT molecular complexity index is 727. The molecule has 0 spiro atoms.